The van der Waals surface area contributed by atoms with E-state index < -0.39 is 0 Å². The quantitative estimate of drug-likeness (QED) is 0.693. The lowest BCUT2D eigenvalue weighted by atomic mass is 9.98. The van der Waals surface area contributed by atoms with Crippen LogP contribution in [0.1, 0.15) is 44.9 Å². The van der Waals surface area contributed by atoms with Crippen LogP contribution in [0.4, 0.5) is 0 Å². The van der Waals surface area contributed by atoms with E-state index in [4.69, 9.17) is 0 Å². The molecule has 0 aromatic heterocycles. The normalized spacial score (nSPS) is 29.7. The average Bonchev–Trinajstić information content (AvgIpc) is 2.74. The van der Waals surface area contributed by atoms with Crippen molar-refractivity contribution in [3.05, 3.63) is 0 Å². The maximum Gasteiger partial charge on any atom is 0.146 e. The van der Waals surface area contributed by atoms with Crippen LogP contribution in [-0.4, -0.2) is 16.8 Å². The highest BCUT2D eigenvalue weighted by Gasteiger charge is 2.26. The van der Waals surface area contributed by atoms with Gasteiger partial charge in [-0.05, 0) is 24.5 Å². The number of carbonyl (C=O) groups excluding carboxylic acids is 1. The van der Waals surface area contributed by atoms with Gasteiger partial charge in [0.25, 0.3) is 0 Å². The Morgan fingerprint density at radius 1 is 1.15 bits per heavy atom. The number of hydrogen-bond donors (Lipinski definition) is 0. The zero-order valence-electron chi connectivity index (χ0n) is 8.13. The van der Waals surface area contributed by atoms with Gasteiger partial charge in [0.1, 0.15) is 5.78 Å². The predicted molar refractivity (Wildman–Crippen MR) is 57.1 cm³/mol. The van der Waals surface area contributed by atoms with E-state index in [1.807, 2.05) is 11.8 Å². The van der Waals surface area contributed by atoms with Gasteiger partial charge in [-0.15, -0.1) is 0 Å². The Balaban J connectivity index is 1.76. The Labute approximate surface area is 84.7 Å². The molecule has 1 unspecified atom stereocenters. The predicted octanol–water partition coefficient (Wildman–Crippen LogP) is 3.03. The minimum absolute atomic E-state index is 0.376. The molecule has 1 nitrogen and oxygen atoms in total. The molecule has 1 aliphatic carbocycles. The molecule has 1 heterocycles. The molecular formula is C11H18OS. The summed E-state index contributed by atoms with van der Waals surface area (Å²) in [6.45, 7) is 0. The number of hydrogen-bond acceptors (Lipinski definition) is 2. The molecule has 2 aliphatic rings. The second-order valence-electron chi connectivity index (χ2n) is 4.32. The van der Waals surface area contributed by atoms with E-state index in [0.717, 1.165) is 18.8 Å². The topological polar surface area (TPSA) is 17.1 Å². The molecule has 1 saturated carbocycles. The maximum absolute atomic E-state index is 11.8. The zero-order valence-corrected chi connectivity index (χ0v) is 8.94. The minimum Gasteiger partial charge on any atom is -0.298 e. The van der Waals surface area contributed by atoms with Crippen LogP contribution in [0.15, 0.2) is 0 Å². The van der Waals surface area contributed by atoms with Gasteiger partial charge in [0.15, 0.2) is 0 Å². The Kier molecular flexibility index (Phi) is 3.31. The lowest BCUT2D eigenvalue weighted by Crippen LogP contribution is -2.16. The number of rotatable bonds is 3. The first-order valence-corrected chi connectivity index (χ1v) is 6.55. The molecule has 2 fully saturated rings. The Bertz CT molecular complexity index is 179. The van der Waals surface area contributed by atoms with Crippen molar-refractivity contribution < 1.29 is 4.79 Å². The summed E-state index contributed by atoms with van der Waals surface area (Å²) in [7, 11) is 0. The lowest BCUT2D eigenvalue weighted by molar-refractivity contribution is -0.119. The first-order valence-electron chi connectivity index (χ1n) is 5.50. The van der Waals surface area contributed by atoms with Gasteiger partial charge < -0.3 is 0 Å². The molecule has 0 N–H and O–H groups in total. The van der Waals surface area contributed by atoms with E-state index in [1.54, 1.807) is 0 Å². The smallest absolute Gasteiger partial charge is 0.146 e. The zero-order chi connectivity index (χ0) is 9.10. The Hall–Kier alpha value is 0.0200. The summed E-state index contributed by atoms with van der Waals surface area (Å²) in [6, 6.07) is 0. The number of Topliss-reactive ketones (excluding diaryl/α,β-unsaturated/α-hetero) is 1. The van der Waals surface area contributed by atoms with Gasteiger partial charge in [-0.3, -0.25) is 4.79 Å². The number of ketones is 1. The van der Waals surface area contributed by atoms with Crippen LogP contribution in [0.5, 0.6) is 0 Å². The molecule has 1 saturated heterocycles. The molecule has 0 radical (unpaired) electrons. The van der Waals surface area contributed by atoms with Gasteiger partial charge in [0.2, 0.25) is 0 Å². The second-order valence-corrected chi connectivity index (χ2v) is 5.63. The van der Waals surface area contributed by atoms with Gasteiger partial charge in [-0.1, -0.05) is 25.7 Å². The van der Waals surface area contributed by atoms with Crippen molar-refractivity contribution >= 4 is 17.5 Å². The third-order valence-electron chi connectivity index (χ3n) is 3.25. The summed E-state index contributed by atoms with van der Waals surface area (Å²) >= 11 is 1.88. The van der Waals surface area contributed by atoms with Gasteiger partial charge >= 0.3 is 0 Å². The van der Waals surface area contributed by atoms with E-state index in [9.17, 15) is 4.79 Å². The standard InChI is InChI=1S/C11H18OS/c12-10(11-6-3-7-13-11)8-9-4-1-2-5-9/h9,11H,1-8H2. The van der Waals surface area contributed by atoms with Crippen LogP contribution in [0.3, 0.4) is 0 Å². The number of carbonyl (C=O) groups is 1. The van der Waals surface area contributed by atoms with Crippen LogP contribution in [0.2, 0.25) is 0 Å². The largest absolute Gasteiger partial charge is 0.298 e. The average molecular weight is 198 g/mol. The highest BCUT2D eigenvalue weighted by Crippen LogP contribution is 2.32. The van der Waals surface area contributed by atoms with Crippen molar-refractivity contribution in [1.29, 1.82) is 0 Å². The third-order valence-corrected chi connectivity index (χ3v) is 4.68. The molecular weight excluding hydrogens is 180 g/mol. The first-order chi connectivity index (χ1) is 6.36. The summed E-state index contributed by atoms with van der Waals surface area (Å²) in [5.74, 6) is 2.50. The molecule has 0 bridgehead atoms. The highest BCUT2D eigenvalue weighted by molar-refractivity contribution is 8.00. The van der Waals surface area contributed by atoms with Gasteiger partial charge in [-0.2, -0.15) is 11.8 Å². The molecule has 0 aromatic carbocycles. The van der Waals surface area contributed by atoms with Crippen LogP contribution in [0.25, 0.3) is 0 Å². The Morgan fingerprint density at radius 3 is 2.54 bits per heavy atom. The molecule has 0 amide bonds. The van der Waals surface area contributed by atoms with Crippen molar-refractivity contribution in [2.24, 2.45) is 5.92 Å². The fourth-order valence-corrected chi connectivity index (χ4v) is 3.70. The Morgan fingerprint density at radius 2 is 1.92 bits per heavy atom. The maximum atomic E-state index is 11.8. The number of thioether (sulfide) groups is 1. The molecule has 0 aromatic rings. The summed E-state index contributed by atoms with van der Waals surface area (Å²) in [4.78, 5) is 11.8. The van der Waals surface area contributed by atoms with Gasteiger partial charge in [0.05, 0.1) is 5.25 Å². The first kappa shape index (κ1) is 9.57. The monoisotopic (exact) mass is 198 g/mol. The highest BCUT2D eigenvalue weighted by atomic mass is 32.2. The van der Waals surface area contributed by atoms with Crippen LogP contribution in [-0.2, 0) is 4.79 Å². The third kappa shape index (κ3) is 2.49. The van der Waals surface area contributed by atoms with Crippen LogP contribution in [0, 0.1) is 5.92 Å². The molecule has 2 heteroatoms. The molecule has 1 atom stereocenters. The van der Waals surface area contributed by atoms with Gasteiger partial charge in [-0.25, -0.2) is 0 Å². The molecule has 74 valence electrons. The van der Waals surface area contributed by atoms with E-state index in [0.29, 0.717) is 11.0 Å². The van der Waals surface area contributed by atoms with Crippen molar-refractivity contribution in [2.75, 3.05) is 5.75 Å². The summed E-state index contributed by atoms with van der Waals surface area (Å²) in [5, 5.41) is 0.376. The van der Waals surface area contributed by atoms with E-state index in [-0.39, 0.29) is 0 Å². The van der Waals surface area contributed by atoms with Crippen molar-refractivity contribution in [1.82, 2.24) is 0 Å². The van der Waals surface area contributed by atoms with Crippen LogP contribution < -0.4 is 0 Å². The summed E-state index contributed by atoms with van der Waals surface area (Å²) in [5.41, 5.74) is 0. The van der Waals surface area contributed by atoms with Crippen molar-refractivity contribution in [3.63, 3.8) is 0 Å². The lowest BCUT2D eigenvalue weighted by Gasteiger charge is -2.11. The SMILES string of the molecule is O=C(CC1CCCC1)C1CCCS1. The fraction of sp³-hybridized carbons (Fsp3) is 0.909. The minimum atomic E-state index is 0.376. The van der Waals surface area contributed by atoms with Crippen LogP contribution >= 0.6 is 11.8 Å². The van der Waals surface area contributed by atoms with E-state index in [1.165, 1.54) is 37.9 Å². The van der Waals surface area contributed by atoms with E-state index >= 15 is 0 Å². The second kappa shape index (κ2) is 4.50. The summed E-state index contributed by atoms with van der Waals surface area (Å²) < 4.78 is 0. The van der Waals surface area contributed by atoms with Crippen molar-refractivity contribution in [2.45, 2.75) is 50.2 Å². The molecule has 2 rings (SSSR count). The molecule has 13 heavy (non-hydrogen) atoms. The molecule has 0 spiro atoms. The van der Waals surface area contributed by atoms with Crippen molar-refractivity contribution in [3.8, 4) is 0 Å². The van der Waals surface area contributed by atoms with Gasteiger partial charge in [0, 0.05) is 6.42 Å². The fourth-order valence-electron chi connectivity index (χ4n) is 2.46. The summed E-state index contributed by atoms with van der Waals surface area (Å²) in [6.07, 6.45) is 8.62. The molecule has 1 aliphatic heterocycles. The van der Waals surface area contributed by atoms with E-state index in [2.05, 4.69) is 0 Å².